The zero-order chi connectivity index (χ0) is 18.3. The molecule has 0 bridgehead atoms. The lowest BCUT2D eigenvalue weighted by Crippen LogP contribution is -2.43. The van der Waals surface area contributed by atoms with Crippen LogP contribution in [-0.2, 0) is 15.8 Å². The van der Waals surface area contributed by atoms with Crippen LogP contribution in [-0.4, -0.2) is 31.4 Å². The summed E-state index contributed by atoms with van der Waals surface area (Å²) < 4.78 is 27.6. The number of rotatable bonds is 9. The molecule has 0 saturated carbocycles. The molecule has 2 rings (SSSR count). The molecule has 0 heterocycles. The van der Waals surface area contributed by atoms with Gasteiger partial charge in [-0.1, -0.05) is 76.5 Å². The zero-order valence-corrected chi connectivity index (χ0v) is 16.7. The molecule has 0 unspecified atom stereocenters. The van der Waals surface area contributed by atoms with E-state index in [1.807, 2.05) is 32.0 Å². The summed E-state index contributed by atoms with van der Waals surface area (Å²) >= 11 is 0. The average molecular weight is 398 g/mol. The summed E-state index contributed by atoms with van der Waals surface area (Å²) in [6.45, 7) is 3.58. The van der Waals surface area contributed by atoms with Crippen molar-refractivity contribution >= 4 is 31.6 Å². The Morgan fingerprint density at radius 2 is 1.72 bits per heavy atom. The van der Waals surface area contributed by atoms with Crippen molar-refractivity contribution in [1.29, 1.82) is 0 Å². The first kappa shape index (κ1) is 20.3. The van der Waals surface area contributed by atoms with E-state index in [1.54, 1.807) is 45.9 Å². The van der Waals surface area contributed by atoms with E-state index in [0.717, 1.165) is 11.3 Å². The highest BCUT2D eigenvalue weighted by molar-refractivity contribution is 8.76. The van der Waals surface area contributed by atoms with Crippen molar-refractivity contribution in [3.8, 4) is 0 Å². The Balaban J connectivity index is 1.92. The average Bonchev–Trinajstić information content (AvgIpc) is 2.61. The van der Waals surface area contributed by atoms with Crippen LogP contribution in [0.5, 0.6) is 0 Å². The van der Waals surface area contributed by atoms with Gasteiger partial charge in [0.25, 0.3) is 0 Å². The van der Waals surface area contributed by atoms with Gasteiger partial charge in [-0.3, -0.25) is 0 Å². The third-order valence-electron chi connectivity index (χ3n) is 3.69. The highest BCUT2D eigenvalue weighted by Crippen LogP contribution is 2.32. The maximum Gasteiger partial charge on any atom is 0.240 e. The predicted octanol–water partition coefficient (Wildman–Crippen LogP) is 3.60. The van der Waals surface area contributed by atoms with Gasteiger partial charge in [0.1, 0.15) is 0 Å². The van der Waals surface area contributed by atoms with Gasteiger partial charge in [0.15, 0.2) is 0 Å². The molecule has 2 aromatic rings. The third kappa shape index (κ3) is 6.34. The maximum atomic E-state index is 12.5. The highest BCUT2D eigenvalue weighted by atomic mass is 33.1. The third-order valence-corrected chi connectivity index (χ3v) is 8.09. The van der Waals surface area contributed by atoms with Crippen LogP contribution in [0.15, 0.2) is 59.5 Å². The second kappa shape index (κ2) is 9.64. The molecular weight excluding hydrogens is 374 g/mol. The first-order chi connectivity index (χ1) is 11.9. The summed E-state index contributed by atoms with van der Waals surface area (Å²) in [4.78, 5) is 0.214. The fraction of sp³-hybridized carbons (Fsp3) is 0.333. The summed E-state index contributed by atoms with van der Waals surface area (Å²) in [6, 6.07) is 16.2. The summed E-state index contributed by atoms with van der Waals surface area (Å²) in [5, 5.41) is 9.55. The van der Waals surface area contributed by atoms with E-state index in [9.17, 15) is 13.5 Å². The lowest BCUT2D eigenvalue weighted by atomic mass is 10.2. The Morgan fingerprint density at radius 3 is 2.32 bits per heavy atom. The molecule has 0 radical (unpaired) electrons. The number of hydrogen-bond donors (Lipinski definition) is 2. The molecule has 4 nitrogen and oxygen atoms in total. The van der Waals surface area contributed by atoms with E-state index in [0.29, 0.717) is 0 Å². The molecule has 0 fully saturated rings. The predicted molar refractivity (Wildman–Crippen MR) is 107 cm³/mol. The van der Waals surface area contributed by atoms with Crippen molar-refractivity contribution in [2.24, 2.45) is 0 Å². The second-order valence-electron chi connectivity index (χ2n) is 5.77. The normalized spacial score (nSPS) is 14.2. The number of sulfonamides is 1. The van der Waals surface area contributed by atoms with Crippen LogP contribution in [0.2, 0.25) is 0 Å². The second-order valence-corrected chi connectivity index (χ2v) is 10.2. The fourth-order valence-corrected chi connectivity index (χ4v) is 6.07. The molecule has 0 spiro atoms. The van der Waals surface area contributed by atoms with Crippen molar-refractivity contribution < 1.29 is 13.5 Å². The monoisotopic (exact) mass is 397 g/mol. The van der Waals surface area contributed by atoms with Gasteiger partial charge >= 0.3 is 0 Å². The molecule has 0 aliphatic heterocycles. The molecule has 0 aliphatic rings. The minimum absolute atomic E-state index is 0.0704. The molecule has 136 valence electrons. The Bertz CT molecular complexity index is 749. The Labute approximate surface area is 157 Å². The molecular formula is C18H23NO3S3. The van der Waals surface area contributed by atoms with E-state index in [4.69, 9.17) is 0 Å². The number of aryl methyl sites for hydroxylation is 1. The quantitative estimate of drug-likeness (QED) is 0.633. The standard InChI is InChI=1S/C18H23NO3S3/c1-14-8-10-17(11-9-14)25(21,22)19-18(12-20)15(2)24-23-13-16-6-4-3-5-7-16/h3-11,15,18-20H,12-13H2,1-2H3/t15-,18+/m0/s1. The molecule has 2 aromatic carbocycles. The SMILES string of the molecule is Cc1ccc(S(=O)(=O)N[C@H](CO)[C@H](C)SSCc2ccccc2)cc1. The lowest BCUT2D eigenvalue weighted by molar-refractivity contribution is 0.256. The Kier molecular flexibility index (Phi) is 7.83. The largest absolute Gasteiger partial charge is 0.395 e. The van der Waals surface area contributed by atoms with Crippen LogP contribution in [0.1, 0.15) is 18.1 Å². The van der Waals surface area contributed by atoms with Crippen LogP contribution in [0, 0.1) is 6.92 Å². The van der Waals surface area contributed by atoms with Crippen molar-refractivity contribution in [2.45, 2.75) is 35.8 Å². The molecule has 0 amide bonds. The summed E-state index contributed by atoms with van der Waals surface area (Å²) in [5.41, 5.74) is 2.21. The van der Waals surface area contributed by atoms with Gasteiger partial charge in [0, 0.05) is 11.0 Å². The highest BCUT2D eigenvalue weighted by Gasteiger charge is 2.24. The van der Waals surface area contributed by atoms with Gasteiger partial charge in [-0.05, 0) is 24.6 Å². The van der Waals surface area contributed by atoms with Crippen LogP contribution in [0.25, 0.3) is 0 Å². The maximum absolute atomic E-state index is 12.5. The van der Waals surface area contributed by atoms with E-state index in [2.05, 4.69) is 16.9 Å². The minimum Gasteiger partial charge on any atom is -0.395 e. The van der Waals surface area contributed by atoms with E-state index in [-0.39, 0.29) is 16.8 Å². The number of aliphatic hydroxyl groups is 1. The Hall–Kier alpha value is -0.990. The summed E-state index contributed by atoms with van der Waals surface area (Å²) in [5.74, 6) is 0.832. The number of aliphatic hydroxyl groups excluding tert-OH is 1. The first-order valence-electron chi connectivity index (χ1n) is 7.94. The number of hydrogen-bond acceptors (Lipinski definition) is 5. The first-order valence-corrected chi connectivity index (χ1v) is 11.8. The molecule has 0 aromatic heterocycles. The van der Waals surface area contributed by atoms with Crippen molar-refractivity contribution in [3.05, 3.63) is 65.7 Å². The lowest BCUT2D eigenvalue weighted by Gasteiger charge is -2.22. The summed E-state index contributed by atoms with van der Waals surface area (Å²) in [6.07, 6.45) is 0. The van der Waals surface area contributed by atoms with Gasteiger partial charge in [-0.2, -0.15) is 0 Å². The van der Waals surface area contributed by atoms with Crippen LogP contribution >= 0.6 is 21.6 Å². The smallest absolute Gasteiger partial charge is 0.240 e. The Morgan fingerprint density at radius 1 is 1.08 bits per heavy atom. The van der Waals surface area contributed by atoms with Crippen LogP contribution < -0.4 is 4.72 Å². The van der Waals surface area contributed by atoms with Crippen molar-refractivity contribution in [1.82, 2.24) is 4.72 Å². The number of benzene rings is 2. The van der Waals surface area contributed by atoms with Gasteiger partial charge < -0.3 is 5.11 Å². The van der Waals surface area contributed by atoms with Crippen molar-refractivity contribution in [2.75, 3.05) is 6.61 Å². The van der Waals surface area contributed by atoms with Gasteiger partial charge in [0.2, 0.25) is 10.0 Å². The zero-order valence-electron chi connectivity index (χ0n) is 14.3. The van der Waals surface area contributed by atoms with E-state index in [1.165, 1.54) is 5.56 Å². The van der Waals surface area contributed by atoms with Gasteiger partial charge in [-0.25, -0.2) is 13.1 Å². The van der Waals surface area contributed by atoms with E-state index < -0.39 is 16.1 Å². The molecule has 2 N–H and O–H groups in total. The molecule has 2 atom stereocenters. The molecule has 7 heteroatoms. The van der Waals surface area contributed by atoms with Gasteiger partial charge in [-0.15, -0.1) is 0 Å². The van der Waals surface area contributed by atoms with E-state index >= 15 is 0 Å². The minimum atomic E-state index is -3.64. The molecule has 0 aliphatic carbocycles. The molecule has 25 heavy (non-hydrogen) atoms. The van der Waals surface area contributed by atoms with Crippen molar-refractivity contribution in [3.63, 3.8) is 0 Å². The van der Waals surface area contributed by atoms with Crippen LogP contribution in [0.4, 0.5) is 0 Å². The van der Waals surface area contributed by atoms with Crippen LogP contribution in [0.3, 0.4) is 0 Å². The molecule has 0 saturated heterocycles. The van der Waals surface area contributed by atoms with Gasteiger partial charge in [0.05, 0.1) is 17.5 Å². The fourth-order valence-electron chi connectivity index (χ4n) is 2.12. The topological polar surface area (TPSA) is 66.4 Å². The number of nitrogens with one attached hydrogen (secondary N) is 1. The summed E-state index contributed by atoms with van der Waals surface area (Å²) in [7, 11) is -0.419.